The molecule has 1 fully saturated rings. The summed E-state index contributed by atoms with van der Waals surface area (Å²) >= 11 is 0. The summed E-state index contributed by atoms with van der Waals surface area (Å²) in [5, 5.41) is 20.3. The van der Waals surface area contributed by atoms with Crippen LogP contribution in [0.15, 0.2) is 65.6 Å². The maximum Gasteiger partial charge on any atom is 0.267 e. The van der Waals surface area contributed by atoms with E-state index in [0.29, 0.717) is 5.69 Å². The molecule has 3 aromatic heterocycles. The van der Waals surface area contributed by atoms with Crippen LogP contribution in [0.2, 0.25) is 0 Å². The maximum atomic E-state index is 12.4. The maximum absolute atomic E-state index is 12.4. The minimum atomic E-state index is -0.906. The molecule has 0 atom stereocenters. The minimum Gasteiger partial charge on any atom is -0.378 e. The summed E-state index contributed by atoms with van der Waals surface area (Å²) in [6.07, 6.45) is 6.50. The number of hydrogen-bond acceptors (Lipinski definition) is 4. The van der Waals surface area contributed by atoms with Crippen LogP contribution in [0.25, 0.3) is 28.0 Å². The zero-order valence-electron chi connectivity index (χ0n) is 19.5. The fourth-order valence-corrected chi connectivity index (χ4v) is 4.55. The molecule has 5 rings (SSSR count). The molecule has 4 aromatic rings. The van der Waals surface area contributed by atoms with Crippen LogP contribution in [-0.2, 0) is 0 Å². The molecule has 0 radical (unpaired) electrons. The molecule has 0 unspecified atom stereocenters. The number of nitrogens with zero attached hydrogens (tertiary/aromatic N) is 4. The van der Waals surface area contributed by atoms with E-state index in [9.17, 15) is 9.90 Å². The largest absolute Gasteiger partial charge is 0.378 e. The van der Waals surface area contributed by atoms with Crippen LogP contribution in [0.5, 0.6) is 0 Å². The third kappa shape index (κ3) is 4.27. The number of rotatable bonds is 3. The highest BCUT2D eigenvalue weighted by Gasteiger charge is 2.26. The van der Waals surface area contributed by atoms with Gasteiger partial charge < -0.3 is 5.11 Å². The Kier molecular flexibility index (Phi) is 5.80. The van der Waals surface area contributed by atoms with Gasteiger partial charge in [-0.15, -0.1) is 0 Å². The monoisotopic (exact) mass is 452 g/mol. The van der Waals surface area contributed by atoms with Crippen LogP contribution in [0, 0.1) is 11.8 Å². The molecule has 1 aliphatic carbocycles. The van der Waals surface area contributed by atoms with Crippen LogP contribution in [0.1, 0.15) is 57.6 Å². The Labute approximate surface area is 198 Å². The molecule has 34 heavy (non-hydrogen) atoms. The van der Waals surface area contributed by atoms with Crippen molar-refractivity contribution >= 4 is 5.52 Å². The third-order valence-electron chi connectivity index (χ3n) is 6.37. The van der Waals surface area contributed by atoms with Gasteiger partial charge in [-0.05, 0) is 57.7 Å². The number of aromatic nitrogens is 4. The molecule has 1 N–H and O–H groups in total. The van der Waals surface area contributed by atoms with Crippen molar-refractivity contribution in [3.05, 3.63) is 76.7 Å². The lowest BCUT2D eigenvalue weighted by atomic mass is 9.85. The number of pyridine rings is 1. The summed E-state index contributed by atoms with van der Waals surface area (Å²) in [5.74, 6) is 6.32. The Balaban J connectivity index is 1.69. The van der Waals surface area contributed by atoms with Crippen molar-refractivity contribution in [2.75, 3.05) is 0 Å². The van der Waals surface area contributed by atoms with Crippen LogP contribution < -0.4 is 5.56 Å². The van der Waals surface area contributed by atoms with Gasteiger partial charge in [-0.25, -0.2) is 9.20 Å². The highest BCUT2D eigenvalue weighted by Crippen LogP contribution is 2.34. The highest BCUT2D eigenvalue weighted by molar-refractivity contribution is 5.91. The van der Waals surface area contributed by atoms with E-state index in [0.717, 1.165) is 60.0 Å². The van der Waals surface area contributed by atoms with E-state index in [-0.39, 0.29) is 11.6 Å². The van der Waals surface area contributed by atoms with Crippen LogP contribution in [0.3, 0.4) is 0 Å². The lowest BCUT2D eigenvalue weighted by molar-refractivity contribution is 0.0610. The van der Waals surface area contributed by atoms with Gasteiger partial charge >= 0.3 is 0 Å². The molecule has 1 aromatic carbocycles. The molecule has 0 aliphatic heterocycles. The van der Waals surface area contributed by atoms with Crippen LogP contribution in [-0.4, -0.2) is 30.1 Å². The molecule has 0 spiro atoms. The van der Waals surface area contributed by atoms with E-state index in [1.165, 1.54) is 4.68 Å². The van der Waals surface area contributed by atoms with Gasteiger partial charge in [0.1, 0.15) is 11.3 Å². The van der Waals surface area contributed by atoms with E-state index < -0.39 is 5.60 Å². The van der Waals surface area contributed by atoms with Gasteiger partial charge in [0.15, 0.2) is 0 Å². The molecule has 3 heterocycles. The Hall–Kier alpha value is -3.69. The molecule has 1 saturated carbocycles. The van der Waals surface area contributed by atoms with Crippen molar-refractivity contribution in [2.24, 2.45) is 0 Å². The molecule has 1 aliphatic rings. The molecular formula is C28H28N4O2. The Morgan fingerprint density at radius 3 is 2.50 bits per heavy atom. The summed E-state index contributed by atoms with van der Waals surface area (Å²) in [6.45, 7) is 3.88. The Bertz CT molecular complexity index is 1450. The van der Waals surface area contributed by atoms with Gasteiger partial charge in [-0.1, -0.05) is 48.6 Å². The lowest BCUT2D eigenvalue weighted by Gasteiger charge is -2.26. The van der Waals surface area contributed by atoms with Crippen molar-refractivity contribution in [1.82, 2.24) is 19.4 Å². The van der Waals surface area contributed by atoms with Crippen molar-refractivity contribution in [1.29, 1.82) is 0 Å². The minimum absolute atomic E-state index is 0.0628. The van der Waals surface area contributed by atoms with E-state index in [4.69, 9.17) is 5.10 Å². The Morgan fingerprint density at radius 2 is 1.76 bits per heavy atom. The lowest BCUT2D eigenvalue weighted by Crippen LogP contribution is -2.29. The summed E-state index contributed by atoms with van der Waals surface area (Å²) in [7, 11) is 0. The van der Waals surface area contributed by atoms with E-state index in [2.05, 4.69) is 16.9 Å². The van der Waals surface area contributed by atoms with Gasteiger partial charge in [0.25, 0.3) is 5.56 Å². The molecule has 0 saturated heterocycles. The fraction of sp³-hybridized carbons (Fsp3) is 0.321. The van der Waals surface area contributed by atoms with Crippen LogP contribution >= 0.6 is 0 Å². The highest BCUT2D eigenvalue weighted by atomic mass is 16.3. The Morgan fingerprint density at radius 1 is 1.00 bits per heavy atom. The predicted molar refractivity (Wildman–Crippen MR) is 133 cm³/mol. The summed E-state index contributed by atoms with van der Waals surface area (Å²) in [5.41, 5.74) is 3.90. The first-order chi connectivity index (χ1) is 16.4. The molecule has 0 bridgehead atoms. The molecule has 172 valence electrons. The van der Waals surface area contributed by atoms with E-state index >= 15 is 0 Å². The predicted octanol–water partition coefficient (Wildman–Crippen LogP) is 4.85. The fourth-order valence-electron chi connectivity index (χ4n) is 4.55. The number of benzene rings is 1. The van der Waals surface area contributed by atoms with E-state index in [1.54, 1.807) is 12.1 Å². The second-order valence-electron chi connectivity index (χ2n) is 9.27. The number of hydrogen-bond donors (Lipinski definition) is 1. The van der Waals surface area contributed by atoms with Gasteiger partial charge in [0, 0.05) is 23.4 Å². The van der Waals surface area contributed by atoms with E-state index in [1.807, 2.05) is 67.0 Å². The molecule has 6 nitrogen and oxygen atoms in total. The second-order valence-corrected chi connectivity index (χ2v) is 9.27. The normalized spacial score (nSPS) is 15.3. The quantitative estimate of drug-likeness (QED) is 0.451. The van der Waals surface area contributed by atoms with Crippen LogP contribution in [0.4, 0.5) is 0 Å². The first-order valence-corrected chi connectivity index (χ1v) is 11.9. The van der Waals surface area contributed by atoms with Gasteiger partial charge in [-0.2, -0.15) is 10.2 Å². The second kappa shape index (κ2) is 8.92. The molecule has 6 heteroatoms. The SMILES string of the molecule is CC(C)n1nc(-c2c(-c3ccccc3)nn3ccc(C#CC4(O)CCCCC4)cc23)ccc1=O. The summed E-state index contributed by atoms with van der Waals surface area (Å²) < 4.78 is 3.32. The van der Waals surface area contributed by atoms with Crippen molar-refractivity contribution in [2.45, 2.75) is 57.6 Å². The molecule has 0 amide bonds. The number of fused-ring (bicyclic) bond motifs is 1. The smallest absolute Gasteiger partial charge is 0.267 e. The summed E-state index contributed by atoms with van der Waals surface area (Å²) in [6, 6.07) is 17.1. The van der Waals surface area contributed by atoms with Gasteiger partial charge in [0.05, 0.1) is 22.8 Å². The van der Waals surface area contributed by atoms with Gasteiger partial charge in [0.2, 0.25) is 0 Å². The average Bonchev–Trinajstić information content (AvgIpc) is 3.23. The van der Waals surface area contributed by atoms with Gasteiger partial charge in [-0.3, -0.25) is 4.79 Å². The third-order valence-corrected chi connectivity index (χ3v) is 6.37. The molecular weight excluding hydrogens is 424 g/mol. The average molecular weight is 453 g/mol. The van der Waals surface area contributed by atoms with Crippen molar-refractivity contribution in [3.8, 4) is 34.4 Å². The first kappa shape index (κ1) is 22.1. The first-order valence-electron chi connectivity index (χ1n) is 11.9. The van der Waals surface area contributed by atoms with Crippen molar-refractivity contribution < 1.29 is 5.11 Å². The summed E-state index contributed by atoms with van der Waals surface area (Å²) in [4.78, 5) is 12.4. The topological polar surface area (TPSA) is 72.4 Å². The van der Waals surface area contributed by atoms with Crippen molar-refractivity contribution in [3.63, 3.8) is 0 Å². The standard InChI is InChI=1S/C28H28N4O2/c1-20(2)32-25(33)12-11-23(29-32)26-24-19-21(13-17-28(34)15-7-4-8-16-28)14-18-31(24)30-27(26)22-9-5-3-6-10-22/h3,5-6,9-12,14,18-20,34H,4,7-8,15-16H2,1-2H3. The zero-order chi connectivity index (χ0) is 23.7. The number of aliphatic hydroxyl groups is 1. The zero-order valence-corrected chi connectivity index (χ0v) is 19.5.